The van der Waals surface area contributed by atoms with E-state index >= 15 is 0 Å². The third kappa shape index (κ3) is 4.48. The van der Waals surface area contributed by atoms with E-state index in [9.17, 15) is 0 Å². The van der Waals surface area contributed by atoms with Gasteiger partial charge in [0.2, 0.25) is 0 Å². The molecular formula is C17H29N3. The summed E-state index contributed by atoms with van der Waals surface area (Å²) in [4.78, 5) is 7.06. The number of rotatable bonds is 4. The molecule has 0 aromatic carbocycles. The van der Waals surface area contributed by atoms with Gasteiger partial charge in [-0.3, -0.25) is 0 Å². The van der Waals surface area contributed by atoms with E-state index in [0.29, 0.717) is 0 Å². The molecule has 0 spiro atoms. The zero-order chi connectivity index (χ0) is 14.6. The maximum atomic E-state index is 4.64. The predicted molar refractivity (Wildman–Crippen MR) is 86.1 cm³/mol. The maximum Gasteiger partial charge on any atom is 0.128 e. The van der Waals surface area contributed by atoms with E-state index in [0.717, 1.165) is 31.4 Å². The van der Waals surface area contributed by atoms with Gasteiger partial charge in [0, 0.05) is 31.4 Å². The summed E-state index contributed by atoms with van der Waals surface area (Å²) in [6.07, 6.45) is 5.95. The molecule has 1 fully saturated rings. The van der Waals surface area contributed by atoms with Gasteiger partial charge in [0.15, 0.2) is 0 Å². The summed E-state index contributed by atoms with van der Waals surface area (Å²) in [5, 5.41) is 3.50. The Balaban J connectivity index is 1.88. The standard InChI is InChI=1S/C17H29N3/c1-5-14-8-10-20(11-9-14)16-7-6-15(12-18-16)13-19-17(2,3)4/h6-7,12,14,19H,5,8-11,13H2,1-4H3. The Bertz CT molecular complexity index is 397. The Morgan fingerprint density at radius 2 is 1.95 bits per heavy atom. The second-order valence-electron chi connectivity index (χ2n) is 6.97. The third-order valence-electron chi connectivity index (χ3n) is 4.15. The molecule has 0 bridgehead atoms. The first-order chi connectivity index (χ1) is 9.48. The molecule has 2 rings (SSSR count). The molecule has 0 radical (unpaired) electrons. The molecule has 1 saturated heterocycles. The van der Waals surface area contributed by atoms with E-state index in [1.54, 1.807) is 0 Å². The molecule has 1 aromatic rings. The summed E-state index contributed by atoms with van der Waals surface area (Å²) in [5.41, 5.74) is 1.41. The van der Waals surface area contributed by atoms with Gasteiger partial charge < -0.3 is 10.2 Å². The second kappa shape index (κ2) is 6.57. The van der Waals surface area contributed by atoms with Crippen LogP contribution in [0.25, 0.3) is 0 Å². The minimum absolute atomic E-state index is 0.153. The van der Waals surface area contributed by atoms with Crippen molar-refractivity contribution in [3.05, 3.63) is 23.9 Å². The van der Waals surface area contributed by atoms with Gasteiger partial charge in [0.05, 0.1) is 0 Å². The molecule has 1 aromatic heterocycles. The average Bonchev–Trinajstić information content (AvgIpc) is 2.45. The van der Waals surface area contributed by atoms with E-state index in [-0.39, 0.29) is 5.54 Å². The van der Waals surface area contributed by atoms with Gasteiger partial charge in [0.1, 0.15) is 5.82 Å². The van der Waals surface area contributed by atoms with Crippen LogP contribution in [0.15, 0.2) is 18.3 Å². The van der Waals surface area contributed by atoms with Crippen LogP contribution >= 0.6 is 0 Å². The van der Waals surface area contributed by atoms with Crippen molar-refractivity contribution < 1.29 is 0 Å². The Labute approximate surface area is 123 Å². The van der Waals surface area contributed by atoms with Crippen molar-refractivity contribution in [1.82, 2.24) is 10.3 Å². The highest BCUT2D eigenvalue weighted by molar-refractivity contribution is 5.39. The molecule has 112 valence electrons. The van der Waals surface area contributed by atoms with Gasteiger partial charge in [-0.1, -0.05) is 19.4 Å². The van der Waals surface area contributed by atoms with Gasteiger partial charge >= 0.3 is 0 Å². The Morgan fingerprint density at radius 3 is 2.45 bits per heavy atom. The molecule has 1 aliphatic rings. The van der Waals surface area contributed by atoms with Gasteiger partial charge in [-0.15, -0.1) is 0 Å². The number of piperidine rings is 1. The maximum absolute atomic E-state index is 4.64. The molecular weight excluding hydrogens is 246 g/mol. The first-order valence-corrected chi connectivity index (χ1v) is 7.93. The van der Waals surface area contributed by atoms with Crippen LogP contribution in [-0.4, -0.2) is 23.6 Å². The molecule has 2 heterocycles. The summed E-state index contributed by atoms with van der Waals surface area (Å²) in [7, 11) is 0. The Kier molecular flexibility index (Phi) is 5.03. The minimum atomic E-state index is 0.153. The fourth-order valence-electron chi connectivity index (χ4n) is 2.65. The van der Waals surface area contributed by atoms with Gasteiger partial charge in [-0.05, 0) is 51.2 Å². The van der Waals surface area contributed by atoms with Crippen molar-refractivity contribution in [2.75, 3.05) is 18.0 Å². The summed E-state index contributed by atoms with van der Waals surface area (Å²) in [5.74, 6) is 2.06. The summed E-state index contributed by atoms with van der Waals surface area (Å²) in [6, 6.07) is 4.37. The Hall–Kier alpha value is -1.09. The smallest absolute Gasteiger partial charge is 0.128 e. The van der Waals surface area contributed by atoms with Crippen LogP contribution in [0, 0.1) is 5.92 Å². The van der Waals surface area contributed by atoms with E-state index in [1.807, 2.05) is 6.20 Å². The quantitative estimate of drug-likeness (QED) is 0.910. The topological polar surface area (TPSA) is 28.2 Å². The zero-order valence-corrected chi connectivity index (χ0v) is 13.4. The molecule has 0 atom stereocenters. The lowest BCUT2D eigenvalue weighted by atomic mass is 9.94. The molecule has 0 unspecified atom stereocenters. The first kappa shape index (κ1) is 15.3. The Morgan fingerprint density at radius 1 is 1.25 bits per heavy atom. The van der Waals surface area contributed by atoms with Gasteiger partial charge in [-0.2, -0.15) is 0 Å². The van der Waals surface area contributed by atoms with Crippen LogP contribution in [0.5, 0.6) is 0 Å². The fraction of sp³-hybridized carbons (Fsp3) is 0.706. The van der Waals surface area contributed by atoms with Crippen LogP contribution in [0.1, 0.15) is 52.5 Å². The van der Waals surface area contributed by atoms with Crippen LogP contribution in [0.4, 0.5) is 5.82 Å². The average molecular weight is 275 g/mol. The van der Waals surface area contributed by atoms with E-state index < -0.39 is 0 Å². The molecule has 0 amide bonds. The van der Waals surface area contributed by atoms with Crippen LogP contribution in [-0.2, 0) is 6.54 Å². The summed E-state index contributed by atoms with van der Waals surface area (Å²) >= 11 is 0. The lowest BCUT2D eigenvalue weighted by Crippen LogP contribution is -2.35. The van der Waals surface area contributed by atoms with Gasteiger partial charge in [-0.25, -0.2) is 4.98 Å². The third-order valence-corrected chi connectivity index (χ3v) is 4.15. The normalized spacial score (nSPS) is 17.5. The van der Waals surface area contributed by atoms with Crippen molar-refractivity contribution in [2.24, 2.45) is 5.92 Å². The molecule has 20 heavy (non-hydrogen) atoms. The highest BCUT2D eigenvalue weighted by atomic mass is 15.2. The van der Waals surface area contributed by atoms with Crippen molar-refractivity contribution >= 4 is 5.82 Å². The molecule has 0 aliphatic carbocycles. The summed E-state index contributed by atoms with van der Waals surface area (Å²) in [6.45, 7) is 12.1. The number of aromatic nitrogens is 1. The lowest BCUT2D eigenvalue weighted by Gasteiger charge is -2.32. The monoisotopic (exact) mass is 275 g/mol. The molecule has 3 nitrogen and oxygen atoms in total. The zero-order valence-electron chi connectivity index (χ0n) is 13.4. The SMILES string of the molecule is CCC1CCN(c2ccc(CNC(C)(C)C)cn2)CC1. The molecule has 1 N–H and O–H groups in total. The van der Waals surface area contributed by atoms with Crippen LogP contribution < -0.4 is 10.2 Å². The number of nitrogens with zero attached hydrogens (tertiary/aromatic N) is 2. The van der Waals surface area contributed by atoms with Crippen molar-refractivity contribution in [3.8, 4) is 0 Å². The van der Waals surface area contributed by atoms with Crippen molar-refractivity contribution in [2.45, 2.75) is 59.0 Å². The molecule has 0 saturated carbocycles. The number of pyridine rings is 1. The first-order valence-electron chi connectivity index (χ1n) is 7.93. The molecule has 1 aliphatic heterocycles. The molecule has 3 heteroatoms. The van der Waals surface area contributed by atoms with E-state index in [2.05, 4.69) is 55.0 Å². The number of anilines is 1. The largest absolute Gasteiger partial charge is 0.357 e. The number of hydrogen-bond acceptors (Lipinski definition) is 3. The number of nitrogens with one attached hydrogen (secondary N) is 1. The highest BCUT2D eigenvalue weighted by Crippen LogP contribution is 2.23. The van der Waals surface area contributed by atoms with E-state index in [4.69, 9.17) is 0 Å². The predicted octanol–water partition coefficient (Wildman–Crippen LogP) is 3.60. The number of hydrogen-bond donors (Lipinski definition) is 1. The van der Waals surface area contributed by atoms with Crippen molar-refractivity contribution in [1.29, 1.82) is 0 Å². The van der Waals surface area contributed by atoms with E-state index in [1.165, 1.54) is 24.8 Å². The fourth-order valence-corrected chi connectivity index (χ4v) is 2.65. The van der Waals surface area contributed by atoms with Crippen molar-refractivity contribution in [3.63, 3.8) is 0 Å². The van der Waals surface area contributed by atoms with Gasteiger partial charge in [0.25, 0.3) is 0 Å². The second-order valence-corrected chi connectivity index (χ2v) is 6.97. The minimum Gasteiger partial charge on any atom is -0.357 e. The lowest BCUT2D eigenvalue weighted by molar-refractivity contribution is 0.393. The summed E-state index contributed by atoms with van der Waals surface area (Å²) < 4.78 is 0. The highest BCUT2D eigenvalue weighted by Gasteiger charge is 2.18. The van der Waals surface area contributed by atoms with Crippen LogP contribution in [0.2, 0.25) is 0 Å². The van der Waals surface area contributed by atoms with Crippen LogP contribution in [0.3, 0.4) is 0 Å².